The van der Waals surface area contributed by atoms with Crippen LogP contribution in [-0.4, -0.2) is 16.0 Å². The van der Waals surface area contributed by atoms with Crippen molar-refractivity contribution >= 4 is 5.82 Å². The summed E-state index contributed by atoms with van der Waals surface area (Å²) in [6, 6.07) is 1.68. The Bertz CT molecular complexity index is 350. The van der Waals surface area contributed by atoms with Gasteiger partial charge in [-0.25, -0.2) is 4.68 Å². The van der Waals surface area contributed by atoms with Crippen LogP contribution in [-0.2, 0) is 0 Å². The van der Waals surface area contributed by atoms with Crippen LogP contribution >= 0.6 is 0 Å². The summed E-state index contributed by atoms with van der Waals surface area (Å²) in [4.78, 5) is 0. The molecular weight excluding hydrogens is 219 g/mol. The van der Waals surface area contributed by atoms with Gasteiger partial charge in [0, 0.05) is 0 Å². The Morgan fingerprint density at radius 2 is 1.88 bits per heavy atom. The lowest BCUT2D eigenvalue weighted by Crippen LogP contribution is -2.29. The van der Waals surface area contributed by atoms with Gasteiger partial charge in [-0.1, -0.05) is 0 Å². The van der Waals surface area contributed by atoms with Crippen molar-refractivity contribution in [2.75, 3.05) is 5.73 Å². The van der Waals surface area contributed by atoms with Gasteiger partial charge >= 0.3 is 6.18 Å². The summed E-state index contributed by atoms with van der Waals surface area (Å²) in [7, 11) is 0. The number of nitrogens with two attached hydrogens (primary N) is 1. The first-order valence-corrected chi connectivity index (χ1v) is 5.34. The summed E-state index contributed by atoms with van der Waals surface area (Å²) in [5, 5.41) is 4.04. The second kappa shape index (κ2) is 3.99. The standard InChI is InChI=1S/C10H14F3N3/c11-10(12,13)7-1-3-8(4-2-7)16-9(14)5-6-15-16/h5-8H,1-4,14H2. The highest BCUT2D eigenvalue weighted by Crippen LogP contribution is 2.41. The van der Waals surface area contributed by atoms with Gasteiger partial charge in [-0.05, 0) is 31.7 Å². The van der Waals surface area contributed by atoms with E-state index in [0.29, 0.717) is 18.7 Å². The maximum Gasteiger partial charge on any atom is 0.391 e. The van der Waals surface area contributed by atoms with E-state index in [9.17, 15) is 13.2 Å². The summed E-state index contributed by atoms with van der Waals surface area (Å²) in [6.07, 6.45) is -1.14. The Kier molecular flexibility index (Phi) is 2.82. The lowest BCUT2D eigenvalue weighted by molar-refractivity contribution is -0.183. The minimum absolute atomic E-state index is 0.0219. The van der Waals surface area contributed by atoms with E-state index in [2.05, 4.69) is 5.10 Å². The first-order valence-electron chi connectivity index (χ1n) is 5.34. The van der Waals surface area contributed by atoms with E-state index in [4.69, 9.17) is 5.73 Å². The minimum Gasteiger partial charge on any atom is -0.384 e. The molecule has 0 atom stereocenters. The topological polar surface area (TPSA) is 43.8 Å². The van der Waals surface area contributed by atoms with Gasteiger partial charge in [-0.2, -0.15) is 18.3 Å². The van der Waals surface area contributed by atoms with Crippen molar-refractivity contribution in [2.24, 2.45) is 5.92 Å². The number of anilines is 1. The van der Waals surface area contributed by atoms with Crippen LogP contribution in [0.2, 0.25) is 0 Å². The lowest BCUT2D eigenvalue weighted by Gasteiger charge is -2.30. The van der Waals surface area contributed by atoms with Crippen molar-refractivity contribution in [3.63, 3.8) is 0 Å². The van der Waals surface area contributed by atoms with E-state index in [1.165, 1.54) is 0 Å². The Hall–Kier alpha value is -1.20. The summed E-state index contributed by atoms with van der Waals surface area (Å²) >= 11 is 0. The summed E-state index contributed by atoms with van der Waals surface area (Å²) in [5.74, 6) is -0.629. The molecule has 1 aliphatic carbocycles. The Morgan fingerprint density at radius 3 is 2.31 bits per heavy atom. The molecular formula is C10H14F3N3. The van der Waals surface area contributed by atoms with Crippen LogP contribution in [0.25, 0.3) is 0 Å². The molecule has 2 N–H and O–H groups in total. The largest absolute Gasteiger partial charge is 0.391 e. The molecule has 0 aliphatic heterocycles. The quantitative estimate of drug-likeness (QED) is 0.810. The second-order valence-corrected chi connectivity index (χ2v) is 4.25. The molecule has 1 heterocycles. The predicted octanol–water partition coefficient (Wildman–Crippen LogP) is 2.76. The predicted molar refractivity (Wildman–Crippen MR) is 53.7 cm³/mol. The molecule has 0 amide bonds. The lowest BCUT2D eigenvalue weighted by atomic mass is 9.85. The van der Waals surface area contributed by atoms with Crippen LogP contribution in [0.1, 0.15) is 31.7 Å². The normalized spacial score (nSPS) is 26.9. The Labute approximate surface area is 91.4 Å². The molecule has 1 aliphatic rings. The van der Waals surface area contributed by atoms with Crippen LogP contribution in [0.5, 0.6) is 0 Å². The zero-order valence-corrected chi connectivity index (χ0v) is 8.74. The average Bonchev–Trinajstić information content (AvgIpc) is 2.63. The highest BCUT2D eigenvalue weighted by molar-refractivity contribution is 5.26. The fourth-order valence-electron chi connectivity index (χ4n) is 2.28. The molecule has 3 nitrogen and oxygen atoms in total. The van der Waals surface area contributed by atoms with Crippen LogP contribution in [0, 0.1) is 5.92 Å². The van der Waals surface area contributed by atoms with E-state index in [-0.39, 0.29) is 18.9 Å². The van der Waals surface area contributed by atoms with Crippen molar-refractivity contribution in [1.29, 1.82) is 0 Å². The number of rotatable bonds is 1. The molecule has 16 heavy (non-hydrogen) atoms. The number of nitrogens with zero attached hydrogens (tertiary/aromatic N) is 2. The van der Waals surface area contributed by atoms with Crippen LogP contribution in [0.15, 0.2) is 12.3 Å². The maximum absolute atomic E-state index is 12.4. The number of hydrogen-bond donors (Lipinski definition) is 1. The first-order chi connectivity index (χ1) is 7.48. The highest BCUT2D eigenvalue weighted by atomic mass is 19.4. The summed E-state index contributed by atoms with van der Waals surface area (Å²) < 4.78 is 39.0. The SMILES string of the molecule is Nc1ccnn1C1CCC(C(F)(F)F)CC1. The second-order valence-electron chi connectivity index (χ2n) is 4.25. The fourth-order valence-corrected chi connectivity index (χ4v) is 2.28. The van der Waals surface area contributed by atoms with E-state index >= 15 is 0 Å². The van der Waals surface area contributed by atoms with E-state index in [1.807, 2.05) is 0 Å². The monoisotopic (exact) mass is 233 g/mol. The molecule has 0 unspecified atom stereocenters. The minimum atomic E-state index is -4.05. The maximum atomic E-state index is 12.4. The number of alkyl halides is 3. The summed E-state index contributed by atoms with van der Waals surface area (Å²) in [6.45, 7) is 0. The molecule has 0 bridgehead atoms. The Balaban J connectivity index is 1.98. The van der Waals surface area contributed by atoms with E-state index in [0.717, 1.165) is 0 Å². The zero-order chi connectivity index (χ0) is 11.8. The van der Waals surface area contributed by atoms with Crippen molar-refractivity contribution in [3.05, 3.63) is 12.3 Å². The Morgan fingerprint density at radius 1 is 1.25 bits per heavy atom. The van der Waals surface area contributed by atoms with Gasteiger partial charge in [0.1, 0.15) is 5.82 Å². The van der Waals surface area contributed by atoms with E-state index in [1.54, 1.807) is 16.9 Å². The van der Waals surface area contributed by atoms with Gasteiger partial charge in [0.2, 0.25) is 0 Å². The molecule has 0 saturated heterocycles. The van der Waals surface area contributed by atoms with Gasteiger partial charge in [0.05, 0.1) is 18.2 Å². The molecule has 1 fully saturated rings. The fraction of sp³-hybridized carbons (Fsp3) is 0.700. The van der Waals surface area contributed by atoms with Crippen molar-refractivity contribution in [1.82, 2.24) is 9.78 Å². The zero-order valence-electron chi connectivity index (χ0n) is 8.74. The van der Waals surface area contributed by atoms with Gasteiger partial charge in [-0.15, -0.1) is 0 Å². The first kappa shape index (κ1) is 11.3. The van der Waals surface area contributed by atoms with Crippen molar-refractivity contribution in [2.45, 2.75) is 37.9 Å². The van der Waals surface area contributed by atoms with Crippen molar-refractivity contribution < 1.29 is 13.2 Å². The van der Waals surface area contributed by atoms with Gasteiger partial charge in [0.25, 0.3) is 0 Å². The average molecular weight is 233 g/mol. The molecule has 0 spiro atoms. The van der Waals surface area contributed by atoms with Crippen LogP contribution < -0.4 is 5.73 Å². The smallest absolute Gasteiger partial charge is 0.384 e. The molecule has 1 saturated carbocycles. The molecule has 90 valence electrons. The van der Waals surface area contributed by atoms with Gasteiger partial charge < -0.3 is 5.73 Å². The number of aromatic nitrogens is 2. The highest BCUT2D eigenvalue weighted by Gasteiger charge is 2.41. The van der Waals surface area contributed by atoms with Gasteiger partial charge in [-0.3, -0.25) is 0 Å². The van der Waals surface area contributed by atoms with Crippen LogP contribution in [0.4, 0.5) is 19.0 Å². The summed E-state index contributed by atoms with van der Waals surface area (Å²) in [5.41, 5.74) is 5.67. The molecule has 0 aromatic carbocycles. The van der Waals surface area contributed by atoms with Crippen LogP contribution in [0.3, 0.4) is 0 Å². The van der Waals surface area contributed by atoms with Crippen molar-refractivity contribution in [3.8, 4) is 0 Å². The third kappa shape index (κ3) is 2.15. The number of halogens is 3. The molecule has 2 rings (SSSR count). The number of hydrogen-bond acceptors (Lipinski definition) is 2. The third-order valence-corrected chi connectivity index (χ3v) is 3.21. The molecule has 1 aromatic rings. The molecule has 0 radical (unpaired) electrons. The van der Waals surface area contributed by atoms with Gasteiger partial charge in [0.15, 0.2) is 0 Å². The van der Waals surface area contributed by atoms with E-state index < -0.39 is 12.1 Å². The third-order valence-electron chi connectivity index (χ3n) is 3.21. The molecule has 6 heteroatoms. The molecule has 1 aromatic heterocycles. The number of nitrogen functional groups attached to an aromatic ring is 1.